The van der Waals surface area contributed by atoms with Crippen molar-refractivity contribution in [1.82, 2.24) is 19.8 Å². The summed E-state index contributed by atoms with van der Waals surface area (Å²) in [4.78, 5) is 50.0. The van der Waals surface area contributed by atoms with E-state index in [2.05, 4.69) is 26.7 Å². The first kappa shape index (κ1) is 38.9. The molecule has 2 heterocycles. The van der Waals surface area contributed by atoms with Gasteiger partial charge in [-0.05, 0) is 79.9 Å². The maximum absolute atomic E-state index is 13.1. The van der Waals surface area contributed by atoms with Crippen molar-refractivity contribution < 1.29 is 29.1 Å². The van der Waals surface area contributed by atoms with Gasteiger partial charge in [0.15, 0.2) is 0 Å². The Bertz CT molecular complexity index is 2110. The van der Waals surface area contributed by atoms with Gasteiger partial charge in [0.25, 0.3) is 5.91 Å². The normalized spacial score (nSPS) is 14.0. The zero-order valence-electron chi connectivity index (χ0n) is 31.3. The predicted octanol–water partition coefficient (Wildman–Crippen LogP) is 6.41. The number of anilines is 2. The van der Waals surface area contributed by atoms with Crippen molar-refractivity contribution in [2.24, 2.45) is 0 Å². The van der Waals surface area contributed by atoms with Crippen LogP contribution in [0.5, 0.6) is 23.4 Å². The molecule has 15 nitrogen and oxygen atoms in total. The number of amides is 1. The summed E-state index contributed by atoms with van der Waals surface area (Å²) in [6.07, 6.45) is 0.602. The number of nitrogens with zero attached hydrogens (tertiary/aromatic N) is 6. The number of rotatable bonds is 14. The van der Waals surface area contributed by atoms with Gasteiger partial charge in [-0.15, -0.1) is 0 Å². The molecule has 2 atom stereocenters. The number of aliphatic carboxylic acids is 1. The van der Waals surface area contributed by atoms with Gasteiger partial charge >= 0.3 is 23.5 Å². The fourth-order valence-electron chi connectivity index (χ4n) is 6.14. The van der Waals surface area contributed by atoms with Crippen LogP contribution in [0.25, 0.3) is 0 Å². The standard InChI is InChI=1S/C39H44N8O7/c1-39(2,3)29-13-12-24(21-40)18-32(29)54-38-43-34(42-31(37(49)50)20-26-22-41-30-11-9-8-10-28(26)30)33(47(51)52)35(44-38)53-27-17-23(14-15-45(4)5)16-25(19-27)36(48)46(6)7/h8-13,16-19,26,31,41H,14-15,20,22H2,1-7H3,(H,49,50)(H,42,43,44). The van der Waals surface area contributed by atoms with Crippen molar-refractivity contribution >= 4 is 29.1 Å². The molecule has 1 aliphatic heterocycles. The molecule has 5 rings (SSSR count). The molecule has 2 unspecified atom stereocenters. The van der Waals surface area contributed by atoms with Crippen LogP contribution in [-0.4, -0.2) is 89.0 Å². The molecule has 0 spiro atoms. The number of nitriles is 1. The summed E-state index contributed by atoms with van der Waals surface area (Å²) in [5.41, 5.74) is 2.62. The van der Waals surface area contributed by atoms with Crippen molar-refractivity contribution in [1.29, 1.82) is 5.26 Å². The molecule has 0 saturated heterocycles. The van der Waals surface area contributed by atoms with Crippen LogP contribution >= 0.6 is 0 Å². The number of fused-ring (bicyclic) bond motifs is 1. The van der Waals surface area contributed by atoms with Gasteiger partial charge in [-0.1, -0.05) is 45.0 Å². The first-order valence-corrected chi connectivity index (χ1v) is 17.3. The third-order valence-electron chi connectivity index (χ3n) is 8.88. The number of carbonyl (C=O) groups is 2. The minimum atomic E-state index is -1.33. The van der Waals surface area contributed by atoms with Gasteiger partial charge < -0.3 is 35.0 Å². The van der Waals surface area contributed by atoms with E-state index in [0.29, 0.717) is 30.6 Å². The molecule has 0 bridgehead atoms. The number of hydrogen-bond acceptors (Lipinski definition) is 12. The number of carboxylic acid groups (broad SMARTS) is 1. The molecular weight excluding hydrogens is 692 g/mol. The van der Waals surface area contributed by atoms with E-state index in [1.807, 2.05) is 64.0 Å². The summed E-state index contributed by atoms with van der Waals surface area (Å²) in [6.45, 7) is 6.96. The van der Waals surface area contributed by atoms with Crippen molar-refractivity contribution in [3.05, 3.63) is 98.6 Å². The fraction of sp³-hybridized carbons (Fsp3) is 0.359. The predicted molar refractivity (Wildman–Crippen MR) is 203 cm³/mol. The van der Waals surface area contributed by atoms with E-state index in [4.69, 9.17) is 9.47 Å². The molecule has 0 saturated carbocycles. The monoisotopic (exact) mass is 736 g/mol. The molecule has 4 aromatic rings. The largest absolute Gasteiger partial charge is 0.480 e. The Morgan fingerprint density at radius 1 is 1.09 bits per heavy atom. The van der Waals surface area contributed by atoms with Crippen LogP contribution in [0.3, 0.4) is 0 Å². The fourth-order valence-corrected chi connectivity index (χ4v) is 6.14. The number of nitrogens with one attached hydrogen (secondary N) is 2. The zero-order valence-corrected chi connectivity index (χ0v) is 31.3. The van der Waals surface area contributed by atoms with Crippen molar-refractivity contribution in [3.63, 3.8) is 0 Å². The molecule has 0 radical (unpaired) electrons. The number of para-hydroxylation sites is 1. The van der Waals surface area contributed by atoms with Crippen LogP contribution in [0, 0.1) is 21.4 Å². The highest BCUT2D eigenvalue weighted by Crippen LogP contribution is 2.41. The molecule has 1 aliphatic rings. The molecular formula is C39H44N8O7. The number of ether oxygens (including phenoxy) is 2. The SMILES string of the molecule is CN(C)CCc1cc(Oc2nc(Oc3cc(C#N)ccc3C(C)(C)C)nc(NC(CC3CNc4ccccc43)C(=O)O)c2[N+](=O)[O-])cc(C(=O)N(C)C)c1. The molecule has 15 heteroatoms. The van der Waals surface area contributed by atoms with Crippen LogP contribution in [0.4, 0.5) is 17.2 Å². The third kappa shape index (κ3) is 9.20. The van der Waals surface area contributed by atoms with Gasteiger partial charge in [0.2, 0.25) is 5.82 Å². The lowest BCUT2D eigenvalue weighted by atomic mass is 9.86. The summed E-state index contributed by atoms with van der Waals surface area (Å²) in [7, 11) is 7.05. The number of carboxylic acids is 1. The van der Waals surface area contributed by atoms with Gasteiger partial charge in [-0.3, -0.25) is 14.9 Å². The van der Waals surface area contributed by atoms with E-state index in [1.165, 1.54) is 17.0 Å². The number of aromatic nitrogens is 2. The molecule has 3 N–H and O–H groups in total. The molecule has 0 fully saturated rings. The van der Waals surface area contributed by atoms with Crippen LogP contribution in [-0.2, 0) is 16.6 Å². The second-order valence-corrected chi connectivity index (χ2v) is 14.6. The quantitative estimate of drug-likeness (QED) is 0.0950. The lowest BCUT2D eigenvalue weighted by Crippen LogP contribution is -2.32. The second-order valence-electron chi connectivity index (χ2n) is 14.6. The van der Waals surface area contributed by atoms with E-state index >= 15 is 0 Å². The van der Waals surface area contributed by atoms with Crippen LogP contribution in [0.1, 0.15) is 65.7 Å². The van der Waals surface area contributed by atoms with Crippen LogP contribution in [0.2, 0.25) is 0 Å². The summed E-state index contributed by atoms with van der Waals surface area (Å²) in [5.74, 6) is -2.48. The summed E-state index contributed by atoms with van der Waals surface area (Å²) in [6, 6.07) is 17.7. The van der Waals surface area contributed by atoms with Crippen LogP contribution < -0.4 is 20.1 Å². The number of likely N-dealkylation sites (N-methyl/N-ethyl adjacent to an activating group) is 1. The lowest BCUT2D eigenvalue weighted by Gasteiger charge is -2.23. The number of hydrogen-bond donors (Lipinski definition) is 3. The van der Waals surface area contributed by atoms with Crippen molar-refractivity contribution in [2.45, 2.75) is 51.0 Å². The number of carbonyl (C=O) groups excluding carboxylic acids is 1. The van der Waals surface area contributed by atoms with Crippen LogP contribution in [0.15, 0.2) is 60.7 Å². The molecule has 54 heavy (non-hydrogen) atoms. The minimum absolute atomic E-state index is 0.0647. The second kappa shape index (κ2) is 16.2. The van der Waals surface area contributed by atoms with Gasteiger partial charge in [-0.25, -0.2) is 4.79 Å². The van der Waals surface area contributed by atoms with Gasteiger partial charge in [-0.2, -0.15) is 15.2 Å². The Kier molecular flexibility index (Phi) is 11.7. The smallest absolute Gasteiger partial charge is 0.373 e. The van der Waals surface area contributed by atoms with Gasteiger partial charge in [0, 0.05) is 49.9 Å². The zero-order chi connectivity index (χ0) is 39.3. The maximum atomic E-state index is 13.1. The molecule has 1 amide bonds. The molecule has 282 valence electrons. The van der Waals surface area contributed by atoms with E-state index in [9.17, 15) is 30.1 Å². The maximum Gasteiger partial charge on any atom is 0.373 e. The van der Waals surface area contributed by atoms with E-state index in [1.54, 1.807) is 38.4 Å². The highest BCUT2D eigenvalue weighted by atomic mass is 16.6. The van der Waals surface area contributed by atoms with E-state index in [-0.39, 0.29) is 35.3 Å². The topological polar surface area (TPSA) is 196 Å². The van der Waals surface area contributed by atoms with Crippen molar-refractivity contribution in [2.75, 3.05) is 51.9 Å². The Hall–Kier alpha value is -6.27. The first-order chi connectivity index (χ1) is 25.5. The minimum Gasteiger partial charge on any atom is -0.480 e. The average molecular weight is 737 g/mol. The number of nitro groups is 1. The molecule has 0 aliphatic carbocycles. The summed E-state index contributed by atoms with van der Waals surface area (Å²) >= 11 is 0. The Morgan fingerprint density at radius 3 is 2.48 bits per heavy atom. The van der Waals surface area contributed by atoms with E-state index < -0.39 is 45.7 Å². The lowest BCUT2D eigenvalue weighted by molar-refractivity contribution is -0.385. The number of benzene rings is 3. The van der Waals surface area contributed by atoms with E-state index in [0.717, 1.165) is 16.8 Å². The summed E-state index contributed by atoms with van der Waals surface area (Å²) in [5, 5.41) is 39.0. The molecule has 1 aromatic heterocycles. The van der Waals surface area contributed by atoms with Crippen molar-refractivity contribution in [3.8, 4) is 29.5 Å². The highest BCUT2D eigenvalue weighted by molar-refractivity contribution is 5.94. The Labute approximate surface area is 313 Å². The highest BCUT2D eigenvalue weighted by Gasteiger charge is 2.34. The average Bonchev–Trinajstić information content (AvgIpc) is 3.51. The molecule has 3 aromatic carbocycles. The summed E-state index contributed by atoms with van der Waals surface area (Å²) < 4.78 is 12.4. The van der Waals surface area contributed by atoms with Gasteiger partial charge in [0.1, 0.15) is 17.5 Å². The third-order valence-corrected chi connectivity index (χ3v) is 8.88. The first-order valence-electron chi connectivity index (χ1n) is 17.3. The Morgan fingerprint density at radius 2 is 1.83 bits per heavy atom. The Balaban J connectivity index is 1.65. The van der Waals surface area contributed by atoms with Gasteiger partial charge in [0.05, 0.1) is 16.6 Å².